The van der Waals surface area contributed by atoms with E-state index in [1.54, 1.807) is 24.3 Å². The van der Waals surface area contributed by atoms with Crippen molar-refractivity contribution >= 4 is 29.1 Å². The summed E-state index contributed by atoms with van der Waals surface area (Å²) in [4.78, 5) is 24.3. The van der Waals surface area contributed by atoms with Crippen LogP contribution in [0, 0.1) is 0 Å². The number of carbonyl (C=O) groups excluding carboxylic acids is 2. The molecule has 1 aliphatic heterocycles. The number of rotatable bonds is 3. The smallest absolute Gasteiger partial charge is 0.237 e. The second-order valence-electron chi connectivity index (χ2n) is 5.96. The van der Waals surface area contributed by atoms with Gasteiger partial charge in [-0.15, -0.1) is 0 Å². The zero-order valence-electron chi connectivity index (χ0n) is 12.3. The van der Waals surface area contributed by atoms with E-state index < -0.39 is 6.04 Å². The van der Waals surface area contributed by atoms with Crippen LogP contribution in [-0.2, 0) is 9.59 Å². The molecule has 3 rings (SSSR count). The van der Waals surface area contributed by atoms with Crippen LogP contribution in [0.15, 0.2) is 24.3 Å². The Labute approximate surface area is 134 Å². The van der Waals surface area contributed by atoms with Crippen molar-refractivity contribution < 1.29 is 9.59 Å². The molecule has 0 spiro atoms. The summed E-state index contributed by atoms with van der Waals surface area (Å²) in [6.07, 6.45) is 4.50. The molecule has 22 heavy (non-hydrogen) atoms. The Hall–Kier alpha value is -1.59. The van der Waals surface area contributed by atoms with E-state index in [0.29, 0.717) is 10.7 Å². The summed E-state index contributed by atoms with van der Waals surface area (Å²) in [5, 5.41) is 9.62. The number of carbonyl (C=O) groups is 2. The molecular weight excluding hydrogens is 302 g/mol. The van der Waals surface area contributed by atoms with Crippen molar-refractivity contribution in [1.29, 1.82) is 0 Å². The lowest BCUT2D eigenvalue weighted by atomic mass is 9.87. The first-order valence-corrected chi connectivity index (χ1v) is 8.12. The van der Waals surface area contributed by atoms with E-state index in [1.807, 2.05) is 0 Å². The van der Waals surface area contributed by atoms with Gasteiger partial charge in [0.15, 0.2) is 0 Å². The molecule has 1 heterocycles. The molecule has 118 valence electrons. The number of piperazine rings is 1. The molecule has 5 nitrogen and oxygen atoms in total. The van der Waals surface area contributed by atoms with Crippen molar-refractivity contribution in [1.82, 2.24) is 10.6 Å². The highest BCUT2D eigenvalue weighted by Crippen LogP contribution is 2.23. The van der Waals surface area contributed by atoms with Crippen molar-refractivity contribution in [2.45, 2.75) is 50.2 Å². The Kier molecular flexibility index (Phi) is 4.64. The highest BCUT2D eigenvalue weighted by atomic mass is 35.5. The van der Waals surface area contributed by atoms with Gasteiger partial charge in [-0.3, -0.25) is 9.59 Å². The van der Waals surface area contributed by atoms with Gasteiger partial charge in [-0.05, 0) is 25.0 Å². The van der Waals surface area contributed by atoms with Crippen LogP contribution >= 0.6 is 11.6 Å². The summed E-state index contributed by atoms with van der Waals surface area (Å²) in [7, 11) is 0. The first-order valence-electron chi connectivity index (χ1n) is 7.74. The summed E-state index contributed by atoms with van der Waals surface area (Å²) in [5.41, 5.74) is 0.570. The monoisotopic (exact) mass is 321 g/mol. The molecule has 1 saturated carbocycles. The maximum Gasteiger partial charge on any atom is 0.237 e. The standard InChI is InChI=1S/C16H20ClN3O2/c17-10-5-1-2-6-11(10)19-15(21)9-14-16(22)20-13-8-4-3-7-12(13)18-14/h1-2,5-6,12-14,18H,3-4,7-9H2,(H,19,21)(H,20,22)/t12-,13-,14+/m0/s1. The SMILES string of the molecule is O=C(C[C@H]1N[C@H]2CCCC[C@@H]2NC1=O)Nc1ccccc1Cl. The average molecular weight is 322 g/mol. The van der Waals surface area contributed by atoms with Gasteiger partial charge >= 0.3 is 0 Å². The van der Waals surface area contributed by atoms with Gasteiger partial charge in [-0.25, -0.2) is 0 Å². The fourth-order valence-electron chi connectivity index (χ4n) is 3.22. The maximum atomic E-state index is 12.1. The topological polar surface area (TPSA) is 70.2 Å². The number of hydrogen-bond donors (Lipinski definition) is 3. The zero-order chi connectivity index (χ0) is 15.5. The third-order valence-electron chi connectivity index (χ3n) is 4.36. The van der Waals surface area contributed by atoms with Gasteiger partial charge in [-0.2, -0.15) is 0 Å². The van der Waals surface area contributed by atoms with Gasteiger partial charge < -0.3 is 16.0 Å². The predicted octanol–water partition coefficient (Wildman–Crippen LogP) is 2.07. The van der Waals surface area contributed by atoms with Crippen molar-refractivity contribution in [3.05, 3.63) is 29.3 Å². The van der Waals surface area contributed by atoms with Gasteiger partial charge in [0.2, 0.25) is 11.8 Å². The minimum Gasteiger partial charge on any atom is -0.350 e. The molecule has 1 aromatic carbocycles. The summed E-state index contributed by atoms with van der Waals surface area (Å²) in [6.45, 7) is 0. The Bertz CT molecular complexity index is 578. The first kappa shape index (κ1) is 15.3. The van der Waals surface area contributed by atoms with Gasteiger partial charge in [0.25, 0.3) is 0 Å². The van der Waals surface area contributed by atoms with Crippen LogP contribution in [0.1, 0.15) is 32.1 Å². The van der Waals surface area contributed by atoms with E-state index in [4.69, 9.17) is 11.6 Å². The Morgan fingerprint density at radius 3 is 2.73 bits per heavy atom. The molecule has 0 radical (unpaired) electrons. The van der Waals surface area contributed by atoms with Crippen molar-refractivity contribution in [2.75, 3.05) is 5.32 Å². The number of halogens is 1. The number of nitrogens with one attached hydrogen (secondary N) is 3. The molecule has 0 unspecified atom stereocenters. The summed E-state index contributed by atoms with van der Waals surface area (Å²) in [5.74, 6) is -0.299. The lowest BCUT2D eigenvalue weighted by Crippen LogP contribution is -2.65. The number of hydrogen-bond acceptors (Lipinski definition) is 3. The van der Waals surface area contributed by atoms with Crippen molar-refractivity contribution in [2.24, 2.45) is 0 Å². The third-order valence-corrected chi connectivity index (χ3v) is 4.69. The molecule has 3 atom stereocenters. The molecule has 1 saturated heterocycles. The molecule has 2 fully saturated rings. The lowest BCUT2D eigenvalue weighted by Gasteiger charge is -2.40. The largest absolute Gasteiger partial charge is 0.350 e. The second-order valence-corrected chi connectivity index (χ2v) is 6.36. The second kappa shape index (κ2) is 6.67. The molecule has 2 amide bonds. The molecule has 0 aromatic heterocycles. The quantitative estimate of drug-likeness (QED) is 0.798. The molecule has 6 heteroatoms. The third kappa shape index (κ3) is 3.42. The molecule has 1 aliphatic carbocycles. The molecule has 0 bridgehead atoms. The Morgan fingerprint density at radius 1 is 1.23 bits per heavy atom. The minimum absolute atomic E-state index is 0.0857. The van der Waals surface area contributed by atoms with Crippen LogP contribution in [0.3, 0.4) is 0 Å². The molecule has 1 aromatic rings. The van der Waals surface area contributed by atoms with Gasteiger partial charge in [0, 0.05) is 12.1 Å². The van der Waals surface area contributed by atoms with Gasteiger partial charge in [0.05, 0.1) is 23.2 Å². The fourth-order valence-corrected chi connectivity index (χ4v) is 3.40. The fraction of sp³-hybridized carbons (Fsp3) is 0.500. The Morgan fingerprint density at radius 2 is 1.95 bits per heavy atom. The van der Waals surface area contributed by atoms with Gasteiger partial charge in [-0.1, -0.05) is 36.6 Å². The number of para-hydroxylation sites is 1. The van der Waals surface area contributed by atoms with Crippen molar-refractivity contribution in [3.8, 4) is 0 Å². The normalized spacial score (nSPS) is 27.7. The number of amides is 2. The van der Waals surface area contributed by atoms with E-state index in [1.165, 1.54) is 6.42 Å². The first-order chi connectivity index (χ1) is 10.6. The molecular formula is C16H20ClN3O2. The minimum atomic E-state index is -0.471. The van der Waals surface area contributed by atoms with Crippen LogP contribution < -0.4 is 16.0 Å². The van der Waals surface area contributed by atoms with Crippen LogP contribution in [-0.4, -0.2) is 29.9 Å². The lowest BCUT2D eigenvalue weighted by molar-refractivity contribution is -0.129. The Balaban J connectivity index is 1.59. The van der Waals surface area contributed by atoms with Crippen LogP contribution in [0.2, 0.25) is 5.02 Å². The number of benzene rings is 1. The van der Waals surface area contributed by atoms with Crippen LogP contribution in [0.5, 0.6) is 0 Å². The predicted molar refractivity (Wildman–Crippen MR) is 85.8 cm³/mol. The maximum absolute atomic E-state index is 12.1. The van der Waals surface area contributed by atoms with Crippen molar-refractivity contribution in [3.63, 3.8) is 0 Å². The number of anilines is 1. The highest BCUT2D eigenvalue weighted by Gasteiger charge is 2.36. The van der Waals surface area contributed by atoms with Gasteiger partial charge in [0.1, 0.15) is 0 Å². The summed E-state index contributed by atoms with van der Waals surface area (Å²) in [6, 6.07) is 7.09. The molecule has 3 N–H and O–H groups in total. The summed E-state index contributed by atoms with van der Waals surface area (Å²) >= 11 is 6.02. The van der Waals surface area contributed by atoms with E-state index in [2.05, 4.69) is 16.0 Å². The summed E-state index contributed by atoms with van der Waals surface area (Å²) < 4.78 is 0. The van der Waals surface area contributed by atoms with E-state index >= 15 is 0 Å². The van der Waals surface area contributed by atoms with Crippen LogP contribution in [0.4, 0.5) is 5.69 Å². The van der Waals surface area contributed by atoms with Crippen LogP contribution in [0.25, 0.3) is 0 Å². The van der Waals surface area contributed by atoms with E-state index in [-0.39, 0.29) is 30.3 Å². The average Bonchev–Trinajstić information content (AvgIpc) is 2.50. The molecule has 2 aliphatic rings. The van der Waals surface area contributed by atoms with E-state index in [0.717, 1.165) is 19.3 Å². The highest BCUT2D eigenvalue weighted by molar-refractivity contribution is 6.33. The number of fused-ring (bicyclic) bond motifs is 1. The van der Waals surface area contributed by atoms with E-state index in [9.17, 15) is 9.59 Å². The zero-order valence-corrected chi connectivity index (χ0v) is 13.0.